The lowest BCUT2D eigenvalue weighted by atomic mass is 10.1. The van der Waals surface area contributed by atoms with Gasteiger partial charge in [-0.25, -0.2) is 4.39 Å². The molecule has 1 N–H and O–H groups in total. The number of non-ortho nitro benzene ring substituents is 2. The van der Waals surface area contributed by atoms with Gasteiger partial charge in [-0.1, -0.05) is 0 Å². The van der Waals surface area contributed by atoms with E-state index in [9.17, 15) is 29.4 Å². The van der Waals surface area contributed by atoms with Crippen LogP contribution in [0.5, 0.6) is 0 Å². The van der Waals surface area contributed by atoms with Crippen LogP contribution >= 0.6 is 0 Å². The maximum Gasteiger partial charge on any atom is 0.271 e. The Morgan fingerprint density at radius 3 is 2.16 bits per heavy atom. The molecule has 0 fully saturated rings. The molecule has 0 aliphatic rings. The van der Waals surface area contributed by atoms with Crippen LogP contribution in [0.25, 0.3) is 0 Å². The number of anilines is 2. The van der Waals surface area contributed by atoms with Crippen LogP contribution in [0.2, 0.25) is 0 Å². The van der Waals surface area contributed by atoms with E-state index < -0.39 is 32.9 Å². The van der Waals surface area contributed by atoms with E-state index in [0.29, 0.717) is 5.69 Å². The van der Waals surface area contributed by atoms with Crippen LogP contribution in [-0.2, 0) is 0 Å². The summed E-state index contributed by atoms with van der Waals surface area (Å²) in [6, 6.07) is 6.37. The first-order valence-corrected chi connectivity index (χ1v) is 6.91. The Morgan fingerprint density at radius 2 is 1.60 bits per heavy atom. The largest absolute Gasteiger partial charge is 0.377 e. The Labute approximate surface area is 141 Å². The average Bonchev–Trinajstić information content (AvgIpc) is 2.55. The van der Waals surface area contributed by atoms with Crippen molar-refractivity contribution in [3.05, 3.63) is 68.0 Å². The van der Waals surface area contributed by atoms with Crippen LogP contribution in [0, 0.1) is 26.0 Å². The molecule has 25 heavy (non-hydrogen) atoms. The van der Waals surface area contributed by atoms with Crippen molar-refractivity contribution in [2.24, 2.45) is 0 Å². The van der Waals surface area contributed by atoms with Crippen molar-refractivity contribution in [2.45, 2.75) is 0 Å². The first-order chi connectivity index (χ1) is 11.7. The van der Waals surface area contributed by atoms with Gasteiger partial charge in [0.15, 0.2) is 0 Å². The molecule has 1 amide bonds. The van der Waals surface area contributed by atoms with Gasteiger partial charge in [0.25, 0.3) is 17.3 Å². The highest BCUT2D eigenvalue weighted by Gasteiger charge is 2.20. The molecule has 130 valence electrons. The number of carbonyl (C=O) groups excluding carboxylic acids is 1. The van der Waals surface area contributed by atoms with E-state index in [-0.39, 0.29) is 11.3 Å². The van der Waals surface area contributed by atoms with E-state index in [1.54, 1.807) is 19.0 Å². The molecule has 0 bridgehead atoms. The molecule has 0 unspecified atom stereocenters. The zero-order chi connectivity index (χ0) is 18.7. The van der Waals surface area contributed by atoms with Gasteiger partial charge in [-0.05, 0) is 12.1 Å². The van der Waals surface area contributed by atoms with Crippen molar-refractivity contribution in [1.29, 1.82) is 0 Å². The zero-order valence-corrected chi connectivity index (χ0v) is 13.2. The number of amides is 1. The highest BCUT2D eigenvalue weighted by Crippen LogP contribution is 2.27. The summed E-state index contributed by atoms with van der Waals surface area (Å²) in [6.45, 7) is 0. The quantitative estimate of drug-likeness (QED) is 0.655. The van der Waals surface area contributed by atoms with Gasteiger partial charge in [-0.15, -0.1) is 0 Å². The molecule has 0 spiro atoms. The first-order valence-electron chi connectivity index (χ1n) is 6.91. The second kappa shape index (κ2) is 6.91. The lowest BCUT2D eigenvalue weighted by Crippen LogP contribution is -2.19. The molecule has 0 radical (unpaired) electrons. The first kappa shape index (κ1) is 17.8. The molecule has 2 aromatic rings. The highest BCUT2D eigenvalue weighted by atomic mass is 19.1. The summed E-state index contributed by atoms with van der Waals surface area (Å²) in [4.78, 5) is 34.3. The van der Waals surface area contributed by atoms with Crippen molar-refractivity contribution in [1.82, 2.24) is 0 Å². The maximum atomic E-state index is 13.8. The standard InChI is InChI=1S/C15H13FN4O5/c1-18(2)14-6-4-9(19(22)23)7-11(14)15(21)17-13-8-10(20(24)25)3-5-12(13)16/h3-8H,1-2H3,(H,17,21). The van der Waals surface area contributed by atoms with Gasteiger partial charge in [0.05, 0.1) is 21.1 Å². The van der Waals surface area contributed by atoms with Gasteiger partial charge in [-0.3, -0.25) is 25.0 Å². The van der Waals surface area contributed by atoms with Gasteiger partial charge in [-0.2, -0.15) is 0 Å². The van der Waals surface area contributed by atoms with Crippen LogP contribution < -0.4 is 10.2 Å². The lowest BCUT2D eigenvalue weighted by molar-refractivity contribution is -0.385. The van der Waals surface area contributed by atoms with Gasteiger partial charge in [0.1, 0.15) is 5.82 Å². The molecule has 0 aliphatic carbocycles. The summed E-state index contributed by atoms with van der Waals surface area (Å²) in [5.41, 5.74) is -0.798. The number of hydrogen-bond donors (Lipinski definition) is 1. The molecule has 9 nitrogen and oxygen atoms in total. The van der Waals surface area contributed by atoms with Crippen LogP contribution in [0.4, 0.5) is 27.1 Å². The fraction of sp³-hybridized carbons (Fsp3) is 0.133. The lowest BCUT2D eigenvalue weighted by Gasteiger charge is -2.17. The Balaban J connectivity index is 2.44. The number of nitrogens with zero attached hydrogens (tertiary/aromatic N) is 3. The average molecular weight is 348 g/mol. The second-order valence-corrected chi connectivity index (χ2v) is 5.23. The summed E-state index contributed by atoms with van der Waals surface area (Å²) >= 11 is 0. The van der Waals surface area contributed by atoms with Crippen molar-refractivity contribution < 1.29 is 19.0 Å². The van der Waals surface area contributed by atoms with Crippen molar-refractivity contribution in [3.63, 3.8) is 0 Å². The number of nitro benzene ring substituents is 2. The van der Waals surface area contributed by atoms with E-state index in [1.807, 2.05) is 0 Å². The Morgan fingerprint density at radius 1 is 1.04 bits per heavy atom. The summed E-state index contributed by atoms with van der Waals surface area (Å²) < 4.78 is 13.8. The van der Waals surface area contributed by atoms with E-state index in [4.69, 9.17) is 0 Å². The monoisotopic (exact) mass is 348 g/mol. The molecule has 0 heterocycles. The Bertz CT molecular complexity index is 869. The summed E-state index contributed by atoms with van der Waals surface area (Å²) in [5.74, 6) is -1.69. The van der Waals surface area contributed by atoms with Crippen LogP contribution in [0.3, 0.4) is 0 Å². The van der Waals surface area contributed by atoms with Crippen LogP contribution in [0.15, 0.2) is 36.4 Å². The fourth-order valence-corrected chi connectivity index (χ4v) is 2.12. The number of rotatable bonds is 5. The van der Waals surface area contributed by atoms with Crippen molar-refractivity contribution in [2.75, 3.05) is 24.3 Å². The molecule has 0 aromatic heterocycles. The molecule has 0 saturated carbocycles. The van der Waals surface area contributed by atoms with Crippen LogP contribution in [-0.4, -0.2) is 29.8 Å². The van der Waals surface area contributed by atoms with Gasteiger partial charge in [0.2, 0.25) is 0 Å². The SMILES string of the molecule is CN(C)c1ccc([N+](=O)[O-])cc1C(=O)Nc1cc([N+](=O)[O-])ccc1F. The highest BCUT2D eigenvalue weighted by molar-refractivity contribution is 6.08. The molecule has 0 atom stereocenters. The molecule has 2 aromatic carbocycles. The molecule has 0 aliphatic heterocycles. The van der Waals surface area contributed by atoms with E-state index in [2.05, 4.69) is 5.32 Å². The minimum Gasteiger partial charge on any atom is -0.377 e. The number of halogens is 1. The third-order valence-corrected chi connectivity index (χ3v) is 3.33. The summed E-state index contributed by atoms with van der Waals surface area (Å²) in [7, 11) is 3.26. The van der Waals surface area contributed by atoms with Crippen LogP contribution in [0.1, 0.15) is 10.4 Å². The normalized spacial score (nSPS) is 10.2. The van der Waals surface area contributed by atoms with E-state index >= 15 is 0 Å². The van der Waals surface area contributed by atoms with Crippen molar-refractivity contribution in [3.8, 4) is 0 Å². The third-order valence-electron chi connectivity index (χ3n) is 3.33. The maximum absolute atomic E-state index is 13.8. The minimum atomic E-state index is -0.865. The predicted octanol–water partition coefficient (Wildman–Crippen LogP) is 2.96. The van der Waals surface area contributed by atoms with E-state index in [1.165, 1.54) is 12.1 Å². The third kappa shape index (κ3) is 3.86. The van der Waals surface area contributed by atoms with Gasteiger partial charge >= 0.3 is 0 Å². The topological polar surface area (TPSA) is 119 Å². The number of carbonyl (C=O) groups is 1. The fourth-order valence-electron chi connectivity index (χ4n) is 2.12. The minimum absolute atomic E-state index is 0.0647. The molecular weight excluding hydrogens is 335 g/mol. The summed E-state index contributed by atoms with van der Waals surface area (Å²) in [5, 5.41) is 23.9. The second-order valence-electron chi connectivity index (χ2n) is 5.23. The zero-order valence-electron chi connectivity index (χ0n) is 13.2. The predicted molar refractivity (Wildman–Crippen MR) is 88.4 cm³/mol. The molecule has 2 rings (SSSR count). The van der Waals surface area contributed by atoms with Gasteiger partial charge in [0, 0.05) is 44.0 Å². The smallest absolute Gasteiger partial charge is 0.271 e. The van der Waals surface area contributed by atoms with Crippen molar-refractivity contribution >= 4 is 28.7 Å². The summed E-state index contributed by atoms with van der Waals surface area (Å²) in [6.07, 6.45) is 0. The molecule has 10 heteroatoms. The van der Waals surface area contributed by atoms with E-state index in [0.717, 1.165) is 24.3 Å². The number of nitrogens with one attached hydrogen (secondary N) is 1. The van der Waals surface area contributed by atoms with Gasteiger partial charge < -0.3 is 10.2 Å². The number of nitro groups is 2. The Kier molecular flexibility index (Phi) is 4.92. The Hall–Kier alpha value is -3.56. The molecule has 0 saturated heterocycles. The number of hydrogen-bond acceptors (Lipinski definition) is 6. The molecular formula is C15H13FN4O5. The number of benzene rings is 2.